The summed E-state index contributed by atoms with van der Waals surface area (Å²) < 4.78 is 16.0. The molecule has 0 aromatic rings. The van der Waals surface area contributed by atoms with Crippen LogP contribution in [0.4, 0.5) is 0 Å². The molecule has 2 fully saturated rings. The van der Waals surface area contributed by atoms with E-state index in [2.05, 4.69) is 0 Å². The summed E-state index contributed by atoms with van der Waals surface area (Å²) in [6.45, 7) is 3.19. The fourth-order valence-electron chi connectivity index (χ4n) is 5.68. The highest BCUT2D eigenvalue weighted by atomic mass is 16.6. The van der Waals surface area contributed by atoms with Gasteiger partial charge in [-0.3, -0.25) is 9.59 Å². The molecule has 1 aliphatic heterocycles. The van der Waals surface area contributed by atoms with Crippen molar-refractivity contribution in [3.63, 3.8) is 0 Å². The molecule has 2 aliphatic carbocycles. The molecule has 0 aromatic heterocycles. The molecule has 168 valence electrons. The van der Waals surface area contributed by atoms with E-state index in [9.17, 15) is 19.2 Å². The van der Waals surface area contributed by atoms with E-state index in [-0.39, 0.29) is 30.8 Å². The van der Waals surface area contributed by atoms with Gasteiger partial charge in [0.15, 0.2) is 0 Å². The van der Waals surface area contributed by atoms with Gasteiger partial charge in [-0.1, -0.05) is 18.2 Å². The number of rotatable bonds is 5. The predicted molar refractivity (Wildman–Crippen MR) is 109 cm³/mol. The van der Waals surface area contributed by atoms with Crippen molar-refractivity contribution in [1.29, 1.82) is 0 Å². The van der Waals surface area contributed by atoms with Crippen molar-refractivity contribution in [1.82, 2.24) is 0 Å². The van der Waals surface area contributed by atoms with Crippen LogP contribution in [-0.4, -0.2) is 48.8 Å². The van der Waals surface area contributed by atoms with Crippen LogP contribution in [0, 0.1) is 16.7 Å². The average molecular weight is 432 g/mol. The Balaban J connectivity index is 2.10. The number of carbonyl (C=O) groups is 4. The van der Waals surface area contributed by atoms with Gasteiger partial charge in [-0.2, -0.15) is 0 Å². The number of carboxylic acids is 1. The minimum Gasteiger partial charge on any atom is -0.478 e. The maximum Gasteiger partial charge on any atom is 0.333 e. The van der Waals surface area contributed by atoms with Gasteiger partial charge in [0, 0.05) is 17.1 Å². The first-order valence-electron chi connectivity index (χ1n) is 10.3. The Morgan fingerprint density at radius 3 is 2.55 bits per heavy atom. The zero-order valence-corrected chi connectivity index (χ0v) is 18.2. The van der Waals surface area contributed by atoms with E-state index in [0.29, 0.717) is 18.4 Å². The van der Waals surface area contributed by atoms with E-state index in [1.54, 1.807) is 25.2 Å². The van der Waals surface area contributed by atoms with Crippen molar-refractivity contribution in [2.24, 2.45) is 16.7 Å². The Labute approximate surface area is 180 Å². The number of carbonyl (C=O) groups excluding carboxylic acids is 3. The highest BCUT2D eigenvalue weighted by molar-refractivity contribution is 5.94. The van der Waals surface area contributed by atoms with Crippen LogP contribution in [0.3, 0.4) is 0 Å². The van der Waals surface area contributed by atoms with Crippen LogP contribution in [0.15, 0.2) is 35.5 Å². The predicted octanol–water partition coefficient (Wildman–Crippen LogP) is 2.73. The average Bonchev–Trinajstić information content (AvgIpc) is 2.91. The Morgan fingerprint density at radius 2 is 1.94 bits per heavy atom. The number of cyclic esters (lactones) is 1. The monoisotopic (exact) mass is 432 g/mol. The smallest absolute Gasteiger partial charge is 0.333 e. The largest absolute Gasteiger partial charge is 0.478 e. The van der Waals surface area contributed by atoms with Crippen LogP contribution in [0.5, 0.6) is 0 Å². The van der Waals surface area contributed by atoms with Crippen molar-refractivity contribution < 1.29 is 38.5 Å². The molecule has 0 aromatic carbocycles. The fraction of sp³-hybridized carbons (Fsp3) is 0.565. The van der Waals surface area contributed by atoms with Crippen LogP contribution in [0.25, 0.3) is 0 Å². The summed E-state index contributed by atoms with van der Waals surface area (Å²) in [6, 6.07) is 0. The van der Waals surface area contributed by atoms with Gasteiger partial charge in [0.2, 0.25) is 0 Å². The summed E-state index contributed by atoms with van der Waals surface area (Å²) in [5.74, 6) is -2.89. The van der Waals surface area contributed by atoms with Crippen molar-refractivity contribution in [2.75, 3.05) is 14.2 Å². The van der Waals surface area contributed by atoms with Crippen molar-refractivity contribution >= 4 is 23.9 Å². The van der Waals surface area contributed by atoms with Crippen LogP contribution in [-0.2, 0) is 33.4 Å². The quantitative estimate of drug-likeness (QED) is 0.305. The lowest BCUT2D eigenvalue weighted by molar-refractivity contribution is -0.214. The molecule has 2 bridgehead atoms. The van der Waals surface area contributed by atoms with Gasteiger partial charge in [0.1, 0.15) is 5.60 Å². The minimum absolute atomic E-state index is 0.131. The van der Waals surface area contributed by atoms with E-state index in [1.165, 1.54) is 27.2 Å². The lowest BCUT2D eigenvalue weighted by Gasteiger charge is -2.53. The highest BCUT2D eigenvalue weighted by Gasteiger charge is 2.75. The summed E-state index contributed by atoms with van der Waals surface area (Å²) >= 11 is 0. The molecule has 0 radical (unpaired) electrons. The molecular weight excluding hydrogens is 404 g/mol. The maximum absolute atomic E-state index is 13.4. The van der Waals surface area contributed by atoms with Crippen LogP contribution < -0.4 is 0 Å². The second-order valence-corrected chi connectivity index (χ2v) is 8.65. The first-order valence-corrected chi connectivity index (χ1v) is 10.3. The highest BCUT2D eigenvalue weighted by Crippen LogP contribution is 2.69. The Morgan fingerprint density at radius 1 is 1.23 bits per heavy atom. The molecule has 0 spiro atoms. The molecular formula is C23H28O8. The molecule has 8 heteroatoms. The molecule has 4 atom stereocenters. The van der Waals surface area contributed by atoms with Gasteiger partial charge in [-0.25, -0.2) is 9.59 Å². The number of carboxylic acid groups (broad SMARTS) is 1. The van der Waals surface area contributed by atoms with Crippen molar-refractivity contribution in [2.45, 2.75) is 51.6 Å². The first kappa shape index (κ1) is 22.8. The molecule has 1 N–H and O–H groups in total. The van der Waals surface area contributed by atoms with E-state index in [0.717, 1.165) is 0 Å². The van der Waals surface area contributed by atoms with Gasteiger partial charge in [-0.15, -0.1) is 0 Å². The summed E-state index contributed by atoms with van der Waals surface area (Å²) in [6.07, 6.45) is 8.03. The van der Waals surface area contributed by atoms with Gasteiger partial charge < -0.3 is 19.3 Å². The zero-order chi connectivity index (χ0) is 23.0. The molecule has 8 nitrogen and oxygen atoms in total. The summed E-state index contributed by atoms with van der Waals surface area (Å²) in [7, 11) is 2.60. The minimum atomic E-state index is -1.16. The SMILES string of the molecule is COC(=O)C1=CC[C@@]23CC[C@@H]([C@@](C)(C=CC=C(C)C(=O)O)OC2=O)[C@@]3(C(=O)OC)CC1. The van der Waals surface area contributed by atoms with Crippen molar-refractivity contribution in [3.8, 4) is 0 Å². The van der Waals surface area contributed by atoms with Gasteiger partial charge in [-0.05, 0) is 52.0 Å². The Bertz CT molecular complexity index is 913. The summed E-state index contributed by atoms with van der Waals surface area (Å²) in [5, 5.41) is 9.06. The number of esters is 3. The van der Waals surface area contributed by atoms with E-state index < -0.39 is 40.3 Å². The molecule has 1 saturated heterocycles. The van der Waals surface area contributed by atoms with Crippen LogP contribution in [0.1, 0.15) is 46.0 Å². The first-order chi connectivity index (χ1) is 14.6. The third-order valence-electron chi connectivity index (χ3n) is 7.30. The van der Waals surface area contributed by atoms with Crippen LogP contribution in [0.2, 0.25) is 0 Å². The van der Waals surface area contributed by atoms with E-state index in [4.69, 9.17) is 19.3 Å². The number of hydrogen-bond donors (Lipinski definition) is 1. The number of methoxy groups -OCH3 is 2. The number of ether oxygens (including phenoxy) is 3. The number of hydrogen-bond acceptors (Lipinski definition) is 7. The Hall–Kier alpha value is -2.90. The summed E-state index contributed by atoms with van der Waals surface area (Å²) in [4.78, 5) is 50.0. The maximum atomic E-state index is 13.4. The molecule has 31 heavy (non-hydrogen) atoms. The molecule has 1 saturated carbocycles. The number of allylic oxidation sites excluding steroid dienone is 3. The zero-order valence-electron chi connectivity index (χ0n) is 18.2. The van der Waals surface area contributed by atoms with E-state index >= 15 is 0 Å². The van der Waals surface area contributed by atoms with Gasteiger partial charge in [0.25, 0.3) is 0 Å². The molecule has 0 unspecified atom stereocenters. The second-order valence-electron chi connectivity index (χ2n) is 8.65. The molecule has 0 amide bonds. The second kappa shape index (κ2) is 7.98. The molecule has 3 aliphatic rings. The normalized spacial score (nSPS) is 35.0. The van der Waals surface area contributed by atoms with Gasteiger partial charge >= 0.3 is 23.9 Å². The standard InChI is InChI=1S/C23H28O8/c1-14(17(24)25)6-5-10-21(2)16-9-12-22(19(27)31-21)11-7-15(18(26)29-3)8-13-23(16,22)20(28)30-4/h5-7,10,16H,8-9,11-13H2,1-4H3,(H,24,25)/t16-,21+,22+,23+/m0/s1. The van der Waals surface area contributed by atoms with E-state index in [1.807, 2.05) is 0 Å². The van der Waals surface area contributed by atoms with Gasteiger partial charge in [0.05, 0.1) is 25.0 Å². The lowest BCUT2D eigenvalue weighted by atomic mass is 9.54. The Kier molecular flexibility index (Phi) is 5.86. The molecule has 1 heterocycles. The third-order valence-corrected chi connectivity index (χ3v) is 7.30. The van der Waals surface area contributed by atoms with Crippen molar-refractivity contribution in [3.05, 3.63) is 35.5 Å². The topological polar surface area (TPSA) is 116 Å². The fourth-order valence-corrected chi connectivity index (χ4v) is 5.68. The third kappa shape index (κ3) is 3.28. The lowest BCUT2D eigenvalue weighted by Crippen LogP contribution is -2.63. The summed E-state index contributed by atoms with van der Waals surface area (Å²) in [5.41, 5.74) is -2.83. The molecule has 3 rings (SSSR count). The van der Waals surface area contributed by atoms with Crippen LogP contribution >= 0.6 is 0 Å². The number of aliphatic carboxylic acids is 1.